The summed E-state index contributed by atoms with van der Waals surface area (Å²) < 4.78 is 35.6. The van der Waals surface area contributed by atoms with Crippen molar-refractivity contribution in [1.29, 1.82) is 0 Å². The minimum absolute atomic E-state index is 0.416. The fourth-order valence-corrected chi connectivity index (χ4v) is 1.16. The summed E-state index contributed by atoms with van der Waals surface area (Å²) in [4.78, 5) is 24.2. The van der Waals surface area contributed by atoms with Crippen LogP contribution in [-0.2, 0) is 0 Å². The first-order valence-electron chi connectivity index (χ1n) is 4.35. The van der Waals surface area contributed by atoms with E-state index in [1.165, 1.54) is 5.32 Å². The van der Waals surface area contributed by atoms with Gasteiger partial charge >= 0.3 is 6.18 Å². The number of alkyl halides is 3. The molecule has 0 aliphatic rings. The van der Waals surface area contributed by atoms with Crippen LogP contribution in [0.1, 0.15) is 10.4 Å². The highest BCUT2D eigenvalue weighted by atomic mass is 35.5. The predicted octanol–water partition coefficient (Wildman–Crippen LogP) is 1.94. The Hall–Kier alpha value is -1.90. The molecule has 0 atom stereocenters. The maximum atomic E-state index is 11.9. The van der Waals surface area contributed by atoms with Gasteiger partial charge in [0, 0.05) is 6.07 Å². The SMILES string of the molecule is O=C(NCC(F)(F)F)c1cc([N+](=O)[O-])cnc1Cl. The third-order valence-electron chi connectivity index (χ3n) is 1.73. The summed E-state index contributed by atoms with van der Waals surface area (Å²) in [5.41, 5.74) is -1.04. The van der Waals surface area contributed by atoms with Gasteiger partial charge in [0.15, 0.2) is 0 Å². The quantitative estimate of drug-likeness (QED) is 0.522. The van der Waals surface area contributed by atoms with Crippen LogP contribution in [0.5, 0.6) is 0 Å². The van der Waals surface area contributed by atoms with Crippen LogP contribution in [0.2, 0.25) is 5.15 Å². The first-order valence-corrected chi connectivity index (χ1v) is 4.73. The highest BCUT2D eigenvalue weighted by Gasteiger charge is 2.28. The summed E-state index contributed by atoms with van der Waals surface area (Å²) in [6.07, 6.45) is -3.79. The highest BCUT2D eigenvalue weighted by molar-refractivity contribution is 6.32. The second kappa shape index (κ2) is 5.17. The number of nitro groups is 1. The van der Waals surface area contributed by atoms with E-state index in [9.17, 15) is 28.1 Å². The fraction of sp³-hybridized carbons (Fsp3) is 0.250. The number of nitrogens with zero attached hydrogens (tertiary/aromatic N) is 2. The number of nitrogens with one attached hydrogen (secondary N) is 1. The Kier molecular flexibility index (Phi) is 4.07. The molecule has 0 fully saturated rings. The van der Waals surface area contributed by atoms with Crippen LogP contribution in [0.3, 0.4) is 0 Å². The van der Waals surface area contributed by atoms with E-state index in [1.807, 2.05) is 0 Å². The number of pyridine rings is 1. The van der Waals surface area contributed by atoms with Crippen molar-refractivity contribution in [3.63, 3.8) is 0 Å². The molecule has 1 rings (SSSR count). The van der Waals surface area contributed by atoms with Gasteiger partial charge in [0.1, 0.15) is 17.9 Å². The van der Waals surface area contributed by atoms with E-state index in [0.717, 1.165) is 12.3 Å². The first-order chi connectivity index (χ1) is 8.20. The smallest absolute Gasteiger partial charge is 0.343 e. The van der Waals surface area contributed by atoms with Gasteiger partial charge in [-0.2, -0.15) is 13.2 Å². The van der Waals surface area contributed by atoms with E-state index < -0.39 is 40.0 Å². The van der Waals surface area contributed by atoms with Crippen molar-refractivity contribution in [1.82, 2.24) is 10.3 Å². The molecular formula is C8H5ClF3N3O3. The number of hydrogen-bond donors (Lipinski definition) is 1. The van der Waals surface area contributed by atoms with Gasteiger partial charge in [-0.15, -0.1) is 0 Å². The summed E-state index contributed by atoms with van der Waals surface area (Å²) in [6, 6.07) is 0.751. The summed E-state index contributed by atoms with van der Waals surface area (Å²) in [6.45, 7) is -1.56. The van der Waals surface area contributed by atoms with Crippen molar-refractivity contribution in [3.05, 3.63) is 33.1 Å². The number of carbonyl (C=O) groups is 1. The standard InChI is InChI=1S/C8H5ClF3N3O3/c9-6-5(1-4(2-13-6)15(17)18)7(16)14-3-8(10,11)12/h1-2H,3H2,(H,14,16). The molecule has 18 heavy (non-hydrogen) atoms. The third kappa shape index (κ3) is 3.84. The lowest BCUT2D eigenvalue weighted by molar-refractivity contribution is -0.385. The molecule has 0 spiro atoms. The molecule has 10 heteroatoms. The Morgan fingerprint density at radius 2 is 2.17 bits per heavy atom. The maximum absolute atomic E-state index is 11.9. The van der Waals surface area contributed by atoms with Crippen LogP contribution in [-0.4, -0.2) is 28.5 Å². The lowest BCUT2D eigenvalue weighted by atomic mass is 10.2. The molecule has 0 unspecified atom stereocenters. The molecule has 1 amide bonds. The number of aromatic nitrogens is 1. The van der Waals surface area contributed by atoms with E-state index in [-0.39, 0.29) is 0 Å². The molecule has 1 heterocycles. The lowest BCUT2D eigenvalue weighted by Gasteiger charge is -2.08. The fourth-order valence-electron chi connectivity index (χ4n) is 0.972. The predicted molar refractivity (Wildman–Crippen MR) is 54.3 cm³/mol. The summed E-state index contributed by atoms with van der Waals surface area (Å²) >= 11 is 5.47. The number of halogens is 4. The lowest BCUT2D eigenvalue weighted by Crippen LogP contribution is -2.34. The number of carbonyl (C=O) groups excluding carboxylic acids is 1. The van der Waals surface area contributed by atoms with Crippen molar-refractivity contribution in [2.24, 2.45) is 0 Å². The zero-order chi connectivity index (χ0) is 13.9. The molecule has 0 aliphatic heterocycles. The Balaban J connectivity index is 2.91. The van der Waals surface area contributed by atoms with Gasteiger partial charge in [0.2, 0.25) is 0 Å². The highest BCUT2D eigenvalue weighted by Crippen LogP contribution is 2.19. The van der Waals surface area contributed by atoms with Gasteiger partial charge in [-0.1, -0.05) is 11.6 Å². The largest absolute Gasteiger partial charge is 0.405 e. The van der Waals surface area contributed by atoms with Crippen molar-refractivity contribution >= 4 is 23.2 Å². The molecule has 0 saturated carbocycles. The maximum Gasteiger partial charge on any atom is 0.405 e. The van der Waals surface area contributed by atoms with Gasteiger partial charge in [0.25, 0.3) is 11.6 Å². The van der Waals surface area contributed by atoms with E-state index in [0.29, 0.717) is 0 Å². The van der Waals surface area contributed by atoms with Crippen molar-refractivity contribution in [2.45, 2.75) is 6.18 Å². The summed E-state index contributed by atoms with van der Waals surface area (Å²) in [5, 5.41) is 11.5. The minimum Gasteiger partial charge on any atom is -0.343 e. The Labute approximate surface area is 103 Å². The van der Waals surface area contributed by atoms with E-state index >= 15 is 0 Å². The molecular weight excluding hydrogens is 279 g/mol. The molecule has 0 radical (unpaired) electrons. The second-order valence-electron chi connectivity index (χ2n) is 3.09. The molecule has 0 saturated heterocycles. The topological polar surface area (TPSA) is 85.1 Å². The van der Waals surface area contributed by atoms with Crippen LogP contribution >= 0.6 is 11.6 Å². The Bertz CT molecular complexity index is 492. The second-order valence-corrected chi connectivity index (χ2v) is 3.44. The summed E-state index contributed by atoms with van der Waals surface area (Å²) in [7, 11) is 0. The monoisotopic (exact) mass is 283 g/mol. The van der Waals surface area contributed by atoms with Crippen molar-refractivity contribution in [3.8, 4) is 0 Å². The zero-order valence-electron chi connectivity index (χ0n) is 8.49. The van der Waals surface area contributed by atoms with Crippen LogP contribution < -0.4 is 5.32 Å². The van der Waals surface area contributed by atoms with E-state index in [4.69, 9.17) is 11.6 Å². The average molecular weight is 284 g/mol. The van der Waals surface area contributed by atoms with Crippen molar-refractivity contribution < 1.29 is 22.9 Å². The van der Waals surface area contributed by atoms with E-state index in [1.54, 1.807) is 0 Å². The molecule has 1 aromatic heterocycles. The van der Waals surface area contributed by atoms with Crippen LogP contribution in [0.25, 0.3) is 0 Å². The molecule has 98 valence electrons. The third-order valence-corrected chi connectivity index (χ3v) is 2.03. The Morgan fingerprint density at radius 3 is 2.67 bits per heavy atom. The molecule has 0 bridgehead atoms. The normalized spacial score (nSPS) is 11.1. The van der Waals surface area contributed by atoms with E-state index in [2.05, 4.69) is 4.98 Å². The zero-order valence-corrected chi connectivity index (χ0v) is 9.25. The van der Waals surface area contributed by atoms with Gasteiger partial charge in [-0.05, 0) is 0 Å². The number of rotatable bonds is 3. The average Bonchev–Trinajstić information content (AvgIpc) is 2.25. The first kappa shape index (κ1) is 14.2. The van der Waals surface area contributed by atoms with Crippen LogP contribution in [0.4, 0.5) is 18.9 Å². The minimum atomic E-state index is -4.59. The summed E-state index contributed by atoms with van der Waals surface area (Å²) in [5.74, 6) is -1.19. The molecule has 6 nitrogen and oxygen atoms in total. The van der Waals surface area contributed by atoms with Gasteiger partial charge in [-0.25, -0.2) is 4.98 Å². The van der Waals surface area contributed by atoms with Crippen molar-refractivity contribution in [2.75, 3.05) is 6.54 Å². The number of hydrogen-bond acceptors (Lipinski definition) is 4. The van der Waals surface area contributed by atoms with Gasteiger partial charge in [0.05, 0.1) is 10.5 Å². The number of amides is 1. The van der Waals surface area contributed by atoms with Crippen LogP contribution in [0.15, 0.2) is 12.3 Å². The molecule has 1 aromatic rings. The molecule has 0 aromatic carbocycles. The van der Waals surface area contributed by atoms with Gasteiger partial charge < -0.3 is 5.32 Å². The molecule has 1 N–H and O–H groups in total. The van der Waals surface area contributed by atoms with Gasteiger partial charge in [-0.3, -0.25) is 14.9 Å². The Morgan fingerprint density at radius 1 is 1.56 bits per heavy atom. The molecule has 0 aliphatic carbocycles. The van der Waals surface area contributed by atoms with Crippen LogP contribution in [0, 0.1) is 10.1 Å².